The lowest BCUT2D eigenvalue weighted by atomic mass is 9.86. The van der Waals surface area contributed by atoms with E-state index in [1.165, 1.54) is 12.5 Å². The van der Waals surface area contributed by atoms with E-state index in [1.807, 2.05) is 46.0 Å². The number of nitrogens with zero attached hydrogens (tertiary/aromatic N) is 2. The minimum absolute atomic E-state index is 0.0982. The van der Waals surface area contributed by atoms with E-state index < -0.39 is 11.7 Å². The minimum atomic E-state index is -0.499. The maximum Gasteiger partial charge on any atom is 0.302 e. The lowest BCUT2D eigenvalue weighted by molar-refractivity contribution is -0.150. The molecule has 0 bridgehead atoms. The zero-order chi connectivity index (χ0) is 27.2. The number of carbonyl (C=O) groups excluding carboxylic acids is 1. The summed E-state index contributed by atoms with van der Waals surface area (Å²) in [5.41, 5.74) is 8.13. The molecule has 0 amide bonds. The highest BCUT2D eigenvalue weighted by molar-refractivity contribution is 6.07. The zero-order valence-electron chi connectivity index (χ0n) is 23.0. The number of esters is 1. The fraction of sp³-hybridized carbons (Fsp3) is 0.344. The molecule has 196 valence electrons. The molecule has 6 heteroatoms. The molecular weight excluding hydrogens is 476 g/mol. The third-order valence-electron chi connectivity index (χ3n) is 6.77. The number of fused-ring (bicyclic) bond motifs is 1. The number of rotatable bonds is 6. The first kappa shape index (κ1) is 25.9. The summed E-state index contributed by atoms with van der Waals surface area (Å²) in [5, 5.41) is 2.01. The van der Waals surface area contributed by atoms with Crippen LogP contribution in [-0.2, 0) is 20.7 Å². The van der Waals surface area contributed by atoms with Gasteiger partial charge in [-0.1, -0.05) is 12.6 Å². The van der Waals surface area contributed by atoms with Crippen molar-refractivity contribution in [2.75, 3.05) is 13.2 Å². The van der Waals surface area contributed by atoms with Gasteiger partial charge in [0.2, 0.25) is 0 Å². The van der Waals surface area contributed by atoms with Crippen molar-refractivity contribution in [3.63, 3.8) is 0 Å². The van der Waals surface area contributed by atoms with Crippen LogP contribution >= 0.6 is 0 Å². The van der Waals surface area contributed by atoms with Crippen LogP contribution in [-0.4, -0.2) is 34.8 Å². The molecule has 0 radical (unpaired) electrons. The van der Waals surface area contributed by atoms with Crippen LogP contribution in [0.25, 0.3) is 38.5 Å². The van der Waals surface area contributed by atoms with Crippen LogP contribution in [0.2, 0.25) is 0 Å². The molecule has 1 unspecified atom stereocenters. The van der Waals surface area contributed by atoms with E-state index in [9.17, 15) is 4.79 Å². The summed E-state index contributed by atoms with van der Waals surface area (Å²) in [6, 6.07) is 12.3. The molecule has 0 aliphatic carbocycles. The van der Waals surface area contributed by atoms with Crippen LogP contribution in [0.4, 0.5) is 0 Å². The highest BCUT2D eigenvalue weighted by atomic mass is 16.6. The van der Waals surface area contributed by atoms with Crippen LogP contribution in [0.1, 0.15) is 63.1 Å². The monoisotopic (exact) mass is 510 g/mol. The average molecular weight is 511 g/mol. The normalized spacial score (nSPS) is 13.8. The van der Waals surface area contributed by atoms with Gasteiger partial charge in [0.25, 0.3) is 0 Å². The molecule has 0 saturated heterocycles. The molecule has 3 heterocycles. The van der Waals surface area contributed by atoms with Gasteiger partial charge in [-0.3, -0.25) is 9.78 Å². The number of aromatic nitrogens is 2. The van der Waals surface area contributed by atoms with Gasteiger partial charge in [-0.05, 0) is 92.8 Å². The largest absolute Gasteiger partial charge is 0.493 e. The molecular formula is C32H34N2O4. The fourth-order valence-corrected chi connectivity index (χ4v) is 5.26. The Morgan fingerprint density at radius 1 is 1.16 bits per heavy atom. The van der Waals surface area contributed by atoms with Gasteiger partial charge in [0.1, 0.15) is 18.5 Å². The number of hydrogen-bond acceptors (Lipinski definition) is 6. The Kier molecular flexibility index (Phi) is 6.70. The highest BCUT2D eigenvalue weighted by Crippen LogP contribution is 2.45. The molecule has 38 heavy (non-hydrogen) atoms. The second-order valence-electron chi connectivity index (χ2n) is 11.0. The van der Waals surface area contributed by atoms with Gasteiger partial charge in [-0.25, -0.2) is 4.98 Å². The van der Waals surface area contributed by atoms with Crippen molar-refractivity contribution in [1.82, 2.24) is 9.97 Å². The average Bonchev–Trinajstić information content (AvgIpc) is 2.85. The van der Waals surface area contributed by atoms with Gasteiger partial charge >= 0.3 is 5.97 Å². The summed E-state index contributed by atoms with van der Waals surface area (Å²) in [6.45, 7) is 16.3. The van der Waals surface area contributed by atoms with Crippen molar-refractivity contribution in [1.29, 1.82) is 0 Å². The Morgan fingerprint density at radius 3 is 2.66 bits per heavy atom. The number of benzene rings is 2. The molecule has 0 spiro atoms. The summed E-state index contributed by atoms with van der Waals surface area (Å²) in [7, 11) is 0. The van der Waals surface area contributed by atoms with Crippen molar-refractivity contribution >= 4 is 33.3 Å². The molecule has 5 rings (SSSR count). The summed E-state index contributed by atoms with van der Waals surface area (Å²) in [4.78, 5) is 21.7. The van der Waals surface area contributed by atoms with Gasteiger partial charge in [0, 0.05) is 35.9 Å². The Labute approximate surface area is 223 Å². The number of hydrogen-bond donors (Lipinski definition) is 0. The molecule has 2 aromatic carbocycles. The second-order valence-corrected chi connectivity index (χ2v) is 11.0. The summed E-state index contributed by atoms with van der Waals surface area (Å²) in [5.74, 6) is 0.502. The Bertz CT molecular complexity index is 1570. The zero-order valence-corrected chi connectivity index (χ0v) is 23.0. The van der Waals surface area contributed by atoms with Gasteiger partial charge in [0.15, 0.2) is 0 Å². The summed E-state index contributed by atoms with van der Waals surface area (Å²) >= 11 is 0. The van der Waals surface area contributed by atoms with E-state index in [4.69, 9.17) is 24.2 Å². The smallest absolute Gasteiger partial charge is 0.302 e. The quantitative estimate of drug-likeness (QED) is 0.257. The van der Waals surface area contributed by atoms with Crippen molar-refractivity contribution in [2.45, 2.75) is 59.7 Å². The van der Waals surface area contributed by atoms with Crippen LogP contribution < -0.4 is 4.74 Å². The van der Waals surface area contributed by atoms with Crippen molar-refractivity contribution in [3.05, 3.63) is 71.6 Å². The third kappa shape index (κ3) is 4.88. The van der Waals surface area contributed by atoms with Crippen LogP contribution in [0.5, 0.6) is 5.75 Å². The summed E-state index contributed by atoms with van der Waals surface area (Å²) < 4.78 is 18.1. The molecule has 1 aliphatic rings. The van der Waals surface area contributed by atoms with Gasteiger partial charge in [-0.15, -0.1) is 0 Å². The molecule has 4 aromatic rings. The first-order valence-corrected chi connectivity index (χ1v) is 13.0. The first-order valence-electron chi connectivity index (χ1n) is 13.0. The van der Waals surface area contributed by atoms with Gasteiger partial charge < -0.3 is 14.2 Å². The topological polar surface area (TPSA) is 70.5 Å². The Balaban J connectivity index is 1.87. The Hall–Kier alpha value is -3.77. The van der Waals surface area contributed by atoms with Gasteiger partial charge in [-0.2, -0.15) is 0 Å². The first-order chi connectivity index (χ1) is 18.0. The van der Waals surface area contributed by atoms with E-state index >= 15 is 0 Å². The Morgan fingerprint density at radius 2 is 1.95 bits per heavy atom. The van der Waals surface area contributed by atoms with Crippen molar-refractivity contribution < 1.29 is 19.0 Å². The fourth-order valence-electron chi connectivity index (χ4n) is 5.26. The second kappa shape index (κ2) is 9.84. The minimum Gasteiger partial charge on any atom is -0.493 e. The standard InChI is InChI=1S/C32H34N2O4/c1-18(2)24-10-8-22-25(34-24)16-19(3)28(27(17-37-20(4)35)38-32(5,6)7)30(22)23-9-11-26-29-21(13-15-36-26)12-14-33-31(23)29/h8-12,14,16,27H,1,13,15,17H2,2-7H3. The number of allylic oxidation sites excluding steroid dienone is 1. The molecule has 0 fully saturated rings. The third-order valence-corrected chi connectivity index (χ3v) is 6.77. The van der Waals surface area contributed by atoms with Crippen LogP contribution in [0, 0.1) is 6.92 Å². The van der Waals surface area contributed by atoms with Crippen molar-refractivity contribution in [2.24, 2.45) is 0 Å². The van der Waals surface area contributed by atoms with E-state index in [2.05, 4.69) is 37.8 Å². The van der Waals surface area contributed by atoms with E-state index in [0.29, 0.717) is 6.61 Å². The molecule has 0 saturated carbocycles. The maximum absolute atomic E-state index is 11.9. The lowest BCUT2D eigenvalue weighted by Crippen LogP contribution is -2.27. The van der Waals surface area contributed by atoms with E-state index in [0.717, 1.165) is 67.5 Å². The van der Waals surface area contributed by atoms with Crippen molar-refractivity contribution in [3.8, 4) is 16.9 Å². The molecule has 1 atom stereocenters. The summed E-state index contributed by atoms with van der Waals surface area (Å²) in [6.07, 6.45) is 2.21. The molecule has 1 aliphatic heterocycles. The van der Waals surface area contributed by atoms with Crippen LogP contribution in [0.15, 0.2) is 49.2 Å². The number of aryl methyl sites for hydroxylation is 1. The number of carbonyl (C=O) groups is 1. The predicted molar refractivity (Wildman–Crippen MR) is 151 cm³/mol. The van der Waals surface area contributed by atoms with E-state index in [-0.39, 0.29) is 12.6 Å². The lowest BCUT2D eigenvalue weighted by Gasteiger charge is -2.31. The van der Waals surface area contributed by atoms with Gasteiger partial charge in [0.05, 0.1) is 28.9 Å². The SMILES string of the molecule is C=C(C)c1ccc2c(-c3ccc4c5c(ccnc35)CCO4)c(C(COC(C)=O)OC(C)(C)C)c(C)cc2n1. The number of pyridine rings is 2. The maximum atomic E-state index is 11.9. The number of ether oxygens (including phenoxy) is 3. The van der Waals surface area contributed by atoms with E-state index in [1.54, 1.807) is 0 Å². The molecule has 6 nitrogen and oxygen atoms in total. The molecule has 2 aromatic heterocycles. The predicted octanol–water partition coefficient (Wildman–Crippen LogP) is 7.15. The highest BCUT2D eigenvalue weighted by Gasteiger charge is 2.29. The van der Waals surface area contributed by atoms with Crippen LogP contribution in [0.3, 0.4) is 0 Å². The molecule has 0 N–H and O–H groups in total.